The fraction of sp³-hybridized carbons (Fsp3) is 0.625. The Bertz CT molecular complexity index is 388. The summed E-state index contributed by atoms with van der Waals surface area (Å²) in [5.74, 6) is 0. The lowest BCUT2D eigenvalue weighted by Gasteiger charge is -2.29. The molecule has 2 N–H and O–H groups in total. The number of aliphatic hydroxyl groups excluding tert-OH is 1. The Kier molecular flexibility index (Phi) is 4.83. The molecule has 1 aromatic rings. The van der Waals surface area contributed by atoms with Crippen LogP contribution in [0.5, 0.6) is 0 Å². The van der Waals surface area contributed by atoms with Gasteiger partial charge in [-0.2, -0.15) is 0 Å². The SMILES string of the molecule is CC(NC1CCCC(O)C1)c1ccc(N(C)C)cc1. The van der Waals surface area contributed by atoms with Crippen molar-refractivity contribution in [2.75, 3.05) is 19.0 Å². The quantitative estimate of drug-likeness (QED) is 0.876. The van der Waals surface area contributed by atoms with Crippen molar-refractivity contribution in [1.82, 2.24) is 5.32 Å². The first-order chi connectivity index (χ1) is 9.06. The number of hydrogen-bond acceptors (Lipinski definition) is 3. The van der Waals surface area contributed by atoms with Crippen LogP contribution in [0.4, 0.5) is 5.69 Å². The molecule has 1 aromatic carbocycles. The Hall–Kier alpha value is -1.06. The molecule has 3 atom stereocenters. The zero-order chi connectivity index (χ0) is 13.8. The van der Waals surface area contributed by atoms with Crippen molar-refractivity contribution < 1.29 is 5.11 Å². The Balaban J connectivity index is 1.93. The molecule has 3 heteroatoms. The Morgan fingerprint density at radius 1 is 1.21 bits per heavy atom. The third-order valence-corrected chi connectivity index (χ3v) is 4.04. The summed E-state index contributed by atoms with van der Waals surface area (Å²) in [5.41, 5.74) is 2.54. The van der Waals surface area contributed by atoms with Crippen LogP contribution < -0.4 is 10.2 Å². The predicted molar refractivity (Wildman–Crippen MR) is 80.6 cm³/mol. The highest BCUT2D eigenvalue weighted by molar-refractivity contribution is 5.46. The van der Waals surface area contributed by atoms with Crippen LogP contribution in [-0.2, 0) is 0 Å². The molecular formula is C16H26N2O. The first-order valence-corrected chi connectivity index (χ1v) is 7.27. The lowest BCUT2D eigenvalue weighted by Crippen LogP contribution is -2.37. The van der Waals surface area contributed by atoms with Crippen molar-refractivity contribution in [3.63, 3.8) is 0 Å². The van der Waals surface area contributed by atoms with Gasteiger partial charge in [-0.25, -0.2) is 0 Å². The van der Waals surface area contributed by atoms with E-state index in [9.17, 15) is 5.11 Å². The molecule has 1 aliphatic rings. The molecule has 0 spiro atoms. The molecule has 3 unspecified atom stereocenters. The maximum atomic E-state index is 9.71. The third-order valence-electron chi connectivity index (χ3n) is 4.04. The van der Waals surface area contributed by atoms with Crippen molar-refractivity contribution in [2.24, 2.45) is 0 Å². The molecule has 0 saturated heterocycles. The molecular weight excluding hydrogens is 236 g/mol. The van der Waals surface area contributed by atoms with Gasteiger partial charge in [0.05, 0.1) is 6.10 Å². The van der Waals surface area contributed by atoms with Crippen LogP contribution in [0.15, 0.2) is 24.3 Å². The standard InChI is InChI=1S/C16H26N2O/c1-12(17-14-5-4-6-16(19)11-14)13-7-9-15(10-8-13)18(2)3/h7-10,12,14,16-17,19H,4-6,11H2,1-3H3. The zero-order valence-electron chi connectivity index (χ0n) is 12.3. The summed E-state index contributed by atoms with van der Waals surface area (Å²) in [6.45, 7) is 2.20. The van der Waals surface area contributed by atoms with Crippen LogP contribution in [0.3, 0.4) is 0 Å². The van der Waals surface area contributed by atoms with Gasteiger partial charge in [-0.15, -0.1) is 0 Å². The number of nitrogens with zero attached hydrogens (tertiary/aromatic N) is 1. The summed E-state index contributed by atoms with van der Waals surface area (Å²) in [6, 6.07) is 9.48. The molecule has 0 amide bonds. The highest BCUT2D eigenvalue weighted by Gasteiger charge is 2.21. The lowest BCUT2D eigenvalue weighted by molar-refractivity contribution is 0.109. The average Bonchev–Trinajstić information content (AvgIpc) is 2.39. The first-order valence-electron chi connectivity index (χ1n) is 7.27. The second-order valence-electron chi connectivity index (χ2n) is 5.89. The van der Waals surface area contributed by atoms with E-state index in [0.29, 0.717) is 12.1 Å². The molecule has 2 rings (SSSR count). The number of rotatable bonds is 4. The number of nitrogens with one attached hydrogen (secondary N) is 1. The summed E-state index contributed by atoms with van der Waals surface area (Å²) in [4.78, 5) is 2.11. The van der Waals surface area contributed by atoms with Crippen LogP contribution in [0, 0.1) is 0 Å². The summed E-state index contributed by atoms with van der Waals surface area (Å²) in [7, 11) is 4.11. The van der Waals surface area contributed by atoms with Crippen LogP contribution in [0.2, 0.25) is 0 Å². The normalized spacial score (nSPS) is 25.1. The molecule has 0 aliphatic heterocycles. The summed E-state index contributed by atoms with van der Waals surface area (Å²) >= 11 is 0. The van der Waals surface area contributed by atoms with Crippen molar-refractivity contribution in [3.8, 4) is 0 Å². The number of aliphatic hydroxyl groups is 1. The van der Waals surface area contributed by atoms with Crippen molar-refractivity contribution in [2.45, 2.75) is 50.8 Å². The smallest absolute Gasteiger partial charge is 0.0555 e. The topological polar surface area (TPSA) is 35.5 Å². The molecule has 0 bridgehead atoms. The van der Waals surface area contributed by atoms with E-state index in [1.807, 2.05) is 0 Å². The minimum Gasteiger partial charge on any atom is -0.393 e. The molecule has 1 saturated carbocycles. The van der Waals surface area contributed by atoms with Gasteiger partial charge >= 0.3 is 0 Å². The minimum absolute atomic E-state index is 0.116. The van der Waals surface area contributed by atoms with Gasteiger partial charge in [-0.05, 0) is 50.3 Å². The first kappa shape index (κ1) is 14.4. The Morgan fingerprint density at radius 2 is 1.89 bits per heavy atom. The molecule has 3 nitrogen and oxygen atoms in total. The van der Waals surface area contributed by atoms with Crippen molar-refractivity contribution in [1.29, 1.82) is 0 Å². The van der Waals surface area contributed by atoms with E-state index in [4.69, 9.17) is 0 Å². The number of anilines is 1. The van der Waals surface area contributed by atoms with E-state index < -0.39 is 0 Å². The second kappa shape index (κ2) is 6.40. The van der Waals surface area contributed by atoms with Crippen LogP contribution in [-0.4, -0.2) is 31.3 Å². The maximum Gasteiger partial charge on any atom is 0.0555 e. The summed E-state index contributed by atoms with van der Waals surface area (Å²) < 4.78 is 0. The summed E-state index contributed by atoms with van der Waals surface area (Å²) in [6.07, 6.45) is 4.04. The van der Waals surface area contributed by atoms with Gasteiger partial charge in [-0.1, -0.05) is 12.1 Å². The lowest BCUT2D eigenvalue weighted by atomic mass is 9.92. The fourth-order valence-corrected chi connectivity index (χ4v) is 2.83. The van der Waals surface area contributed by atoms with Crippen molar-refractivity contribution >= 4 is 5.69 Å². The van der Waals surface area contributed by atoms with E-state index in [1.54, 1.807) is 0 Å². The molecule has 19 heavy (non-hydrogen) atoms. The number of benzene rings is 1. The minimum atomic E-state index is -0.116. The van der Waals surface area contributed by atoms with Crippen LogP contribution in [0.25, 0.3) is 0 Å². The molecule has 106 valence electrons. The molecule has 1 aliphatic carbocycles. The van der Waals surface area contributed by atoms with Gasteiger partial charge < -0.3 is 15.3 Å². The highest BCUT2D eigenvalue weighted by Crippen LogP contribution is 2.23. The average molecular weight is 262 g/mol. The predicted octanol–water partition coefficient (Wildman–Crippen LogP) is 2.71. The monoisotopic (exact) mass is 262 g/mol. The van der Waals surface area contributed by atoms with Gasteiger partial charge in [0, 0.05) is 31.9 Å². The van der Waals surface area contributed by atoms with E-state index >= 15 is 0 Å². The van der Waals surface area contributed by atoms with E-state index in [2.05, 4.69) is 55.5 Å². The van der Waals surface area contributed by atoms with Gasteiger partial charge in [0.1, 0.15) is 0 Å². The van der Waals surface area contributed by atoms with Gasteiger partial charge in [0.25, 0.3) is 0 Å². The Labute approximate surface area is 116 Å². The van der Waals surface area contributed by atoms with Gasteiger partial charge in [-0.3, -0.25) is 0 Å². The zero-order valence-corrected chi connectivity index (χ0v) is 12.3. The third kappa shape index (κ3) is 3.95. The van der Waals surface area contributed by atoms with Gasteiger partial charge in [0.2, 0.25) is 0 Å². The largest absolute Gasteiger partial charge is 0.393 e. The Morgan fingerprint density at radius 3 is 2.47 bits per heavy atom. The van der Waals surface area contributed by atoms with E-state index in [0.717, 1.165) is 19.3 Å². The second-order valence-corrected chi connectivity index (χ2v) is 5.89. The summed E-state index contributed by atoms with van der Waals surface area (Å²) in [5, 5.41) is 13.4. The highest BCUT2D eigenvalue weighted by atomic mass is 16.3. The van der Waals surface area contributed by atoms with E-state index in [1.165, 1.54) is 17.7 Å². The molecule has 1 fully saturated rings. The molecule has 0 radical (unpaired) electrons. The van der Waals surface area contributed by atoms with Gasteiger partial charge in [0.15, 0.2) is 0 Å². The maximum absolute atomic E-state index is 9.71. The number of hydrogen-bond donors (Lipinski definition) is 2. The van der Waals surface area contributed by atoms with Crippen LogP contribution in [0.1, 0.15) is 44.2 Å². The van der Waals surface area contributed by atoms with Crippen LogP contribution >= 0.6 is 0 Å². The molecule has 0 heterocycles. The van der Waals surface area contributed by atoms with Crippen molar-refractivity contribution in [3.05, 3.63) is 29.8 Å². The van der Waals surface area contributed by atoms with E-state index in [-0.39, 0.29) is 6.10 Å². The molecule has 0 aromatic heterocycles. The fourth-order valence-electron chi connectivity index (χ4n) is 2.83.